The Bertz CT molecular complexity index is 478. The Morgan fingerprint density at radius 2 is 2.00 bits per heavy atom. The molecule has 0 bridgehead atoms. The van der Waals surface area contributed by atoms with Crippen LogP contribution in [0.1, 0.15) is 39.5 Å². The lowest BCUT2D eigenvalue weighted by Crippen LogP contribution is -2.29. The maximum atomic E-state index is 13.5. The van der Waals surface area contributed by atoms with Crippen LogP contribution in [0.2, 0.25) is 0 Å². The first-order valence-electron chi connectivity index (χ1n) is 6.58. The first-order chi connectivity index (χ1) is 8.87. The predicted molar refractivity (Wildman–Crippen MR) is 72.7 cm³/mol. The molecule has 1 saturated carbocycles. The van der Waals surface area contributed by atoms with Crippen molar-refractivity contribution in [2.75, 3.05) is 5.32 Å². The van der Waals surface area contributed by atoms with Gasteiger partial charge in [0.1, 0.15) is 0 Å². The standard InChI is InChI=1S/C14H19FN2O2/c1-14(2)7-5-10(6-8-14)16-11-3-4-13(17(18)19)12(15)9-11/h3-4,9-10,16H,5-8H2,1-2H3. The Morgan fingerprint density at radius 1 is 1.37 bits per heavy atom. The fourth-order valence-corrected chi connectivity index (χ4v) is 2.52. The number of anilines is 1. The lowest BCUT2D eigenvalue weighted by molar-refractivity contribution is -0.387. The summed E-state index contributed by atoms with van der Waals surface area (Å²) in [5.41, 5.74) is 0.530. The molecule has 1 aromatic rings. The van der Waals surface area contributed by atoms with Gasteiger partial charge in [0, 0.05) is 23.9 Å². The highest BCUT2D eigenvalue weighted by atomic mass is 19.1. The van der Waals surface area contributed by atoms with E-state index in [-0.39, 0.29) is 0 Å². The van der Waals surface area contributed by atoms with Crippen molar-refractivity contribution in [1.29, 1.82) is 0 Å². The molecule has 1 aromatic carbocycles. The van der Waals surface area contributed by atoms with E-state index < -0.39 is 16.4 Å². The van der Waals surface area contributed by atoms with Crippen LogP contribution in [0.25, 0.3) is 0 Å². The number of hydrogen-bond acceptors (Lipinski definition) is 3. The topological polar surface area (TPSA) is 55.2 Å². The van der Waals surface area contributed by atoms with Crippen molar-refractivity contribution in [1.82, 2.24) is 0 Å². The maximum absolute atomic E-state index is 13.5. The van der Waals surface area contributed by atoms with E-state index in [1.54, 1.807) is 6.07 Å². The van der Waals surface area contributed by atoms with Gasteiger partial charge in [-0.3, -0.25) is 10.1 Å². The third-order valence-corrected chi connectivity index (χ3v) is 3.85. The minimum absolute atomic E-state index is 0.328. The van der Waals surface area contributed by atoms with Gasteiger partial charge in [0.2, 0.25) is 5.82 Å². The number of nitrogens with zero attached hydrogens (tertiary/aromatic N) is 1. The van der Waals surface area contributed by atoms with Crippen LogP contribution in [0, 0.1) is 21.3 Å². The molecule has 5 heteroatoms. The van der Waals surface area contributed by atoms with Gasteiger partial charge in [-0.05, 0) is 37.2 Å². The quantitative estimate of drug-likeness (QED) is 0.661. The zero-order valence-electron chi connectivity index (χ0n) is 11.3. The highest BCUT2D eigenvalue weighted by molar-refractivity contribution is 5.50. The van der Waals surface area contributed by atoms with E-state index in [2.05, 4.69) is 19.2 Å². The molecule has 19 heavy (non-hydrogen) atoms. The van der Waals surface area contributed by atoms with Crippen molar-refractivity contribution in [2.24, 2.45) is 5.41 Å². The third kappa shape index (κ3) is 3.43. The molecule has 4 nitrogen and oxygen atoms in total. The molecule has 1 aliphatic rings. The summed E-state index contributed by atoms with van der Waals surface area (Å²) in [4.78, 5) is 9.83. The molecule has 0 radical (unpaired) electrons. The van der Waals surface area contributed by atoms with Crippen LogP contribution in [-0.2, 0) is 0 Å². The average Bonchev–Trinajstić information content (AvgIpc) is 2.31. The maximum Gasteiger partial charge on any atom is 0.304 e. The van der Waals surface area contributed by atoms with Crippen molar-refractivity contribution in [3.8, 4) is 0 Å². The summed E-state index contributed by atoms with van der Waals surface area (Å²) >= 11 is 0. The molecule has 0 aliphatic heterocycles. The summed E-state index contributed by atoms with van der Waals surface area (Å²) in [6, 6.07) is 4.32. The van der Waals surface area contributed by atoms with Gasteiger partial charge in [0.05, 0.1) is 4.92 Å². The second-order valence-electron chi connectivity index (χ2n) is 6.01. The molecule has 1 N–H and O–H groups in total. The van der Waals surface area contributed by atoms with E-state index in [9.17, 15) is 14.5 Å². The van der Waals surface area contributed by atoms with Gasteiger partial charge in [0.25, 0.3) is 0 Å². The molecular weight excluding hydrogens is 247 g/mol. The van der Waals surface area contributed by atoms with Crippen LogP contribution < -0.4 is 5.32 Å². The summed E-state index contributed by atoms with van der Waals surface area (Å²) in [5, 5.41) is 13.8. The summed E-state index contributed by atoms with van der Waals surface area (Å²) in [5.74, 6) is -0.786. The number of nitro benzene ring substituents is 1. The Hall–Kier alpha value is -1.65. The molecule has 0 heterocycles. The van der Waals surface area contributed by atoms with Crippen molar-refractivity contribution < 1.29 is 9.31 Å². The summed E-state index contributed by atoms with van der Waals surface area (Å²) in [6.45, 7) is 4.52. The molecule has 0 unspecified atom stereocenters. The summed E-state index contributed by atoms with van der Waals surface area (Å²) in [6.07, 6.45) is 4.37. The normalized spacial score (nSPS) is 19.1. The molecule has 0 saturated heterocycles. The van der Waals surface area contributed by atoms with Crippen molar-refractivity contribution in [3.63, 3.8) is 0 Å². The van der Waals surface area contributed by atoms with Crippen LogP contribution in [0.4, 0.5) is 15.8 Å². The number of halogens is 1. The van der Waals surface area contributed by atoms with Crippen LogP contribution in [0.15, 0.2) is 18.2 Å². The van der Waals surface area contributed by atoms with Crippen LogP contribution in [0.5, 0.6) is 0 Å². The minimum Gasteiger partial charge on any atom is -0.382 e. The van der Waals surface area contributed by atoms with E-state index in [1.165, 1.54) is 12.1 Å². The first kappa shape index (κ1) is 13.8. The van der Waals surface area contributed by atoms with Crippen molar-refractivity contribution >= 4 is 11.4 Å². The van der Waals surface area contributed by atoms with Gasteiger partial charge in [-0.1, -0.05) is 13.8 Å². The van der Waals surface area contributed by atoms with E-state index in [4.69, 9.17) is 0 Å². The number of benzene rings is 1. The van der Waals surface area contributed by atoms with E-state index in [0.717, 1.165) is 25.7 Å². The Labute approximate surface area is 112 Å². The molecule has 0 spiro atoms. The summed E-state index contributed by atoms with van der Waals surface area (Å²) < 4.78 is 13.5. The smallest absolute Gasteiger partial charge is 0.304 e. The second-order valence-corrected chi connectivity index (χ2v) is 6.01. The number of hydrogen-bond donors (Lipinski definition) is 1. The molecular formula is C14H19FN2O2. The van der Waals surface area contributed by atoms with Gasteiger partial charge in [-0.2, -0.15) is 4.39 Å². The Balaban J connectivity index is 2.01. The van der Waals surface area contributed by atoms with Crippen LogP contribution >= 0.6 is 0 Å². The highest BCUT2D eigenvalue weighted by Crippen LogP contribution is 2.36. The Morgan fingerprint density at radius 3 is 2.53 bits per heavy atom. The lowest BCUT2D eigenvalue weighted by Gasteiger charge is -2.35. The molecule has 104 valence electrons. The molecule has 0 atom stereocenters. The largest absolute Gasteiger partial charge is 0.382 e. The molecule has 0 aromatic heterocycles. The first-order valence-corrected chi connectivity index (χ1v) is 6.58. The van der Waals surface area contributed by atoms with Gasteiger partial charge < -0.3 is 5.32 Å². The van der Waals surface area contributed by atoms with Crippen LogP contribution in [0.3, 0.4) is 0 Å². The Kier molecular flexibility index (Phi) is 3.73. The van der Waals surface area contributed by atoms with Crippen molar-refractivity contribution in [2.45, 2.75) is 45.6 Å². The number of nitro groups is 1. The highest BCUT2D eigenvalue weighted by Gasteiger charge is 2.26. The second kappa shape index (κ2) is 5.15. The van der Waals surface area contributed by atoms with Crippen molar-refractivity contribution in [3.05, 3.63) is 34.1 Å². The number of rotatable bonds is 3. The number of nitrogens with one attached hydrogen (secondary N) is 1. The van der Waals surface area contributed by atoms with Gasteiger partial charge in [0.15, 0.2) is 0 Å². The van der Waals surface area contributed by atoms with Gasteiger partial charge >= 0.3 is 5.69 Å². The minimum atomic E-state index is -0.786. The zero-order valence-corrected chi connectivity index (χ0v) is 11.3. The van der Waals surface area contributed by atoms with Gasteiger partial charge in [-0.15, -0.1) is 0 Å². The molecule has 1 aliphatic carbocycles. The lowest BCUT2D eigenvalue weighted by atomic mass is 9.75. The molecule has 0 amide bonds. The summed E-state index contributed by atoms with van der Waals surface area (Å²) in [7, 11) is 0. The van der Waals surface area contributed by atoms with Crippen LogP contribution in [-0.4, -0.2) is 11.0 Å². The van der Waals surface area contributed by atoms with E-state index >= 15 is 0 Å². The SMILES string of the molecule is CC1(C)CCC(Nc2ccc([N+](=O)[O-])c(F)c2)CC1. The third-order valence-electron chi connectivity index (χ3n) is 3.85. The predicted octanol–water partition coefficient (Wildman–Crippen LogP) is 4.11. The zero-order chi connectivity index (χ0) is 14.0. The monoisotopic (exact) mass is 266 g/mol. The van der Waals surface area contributed by atoms with Gasteiger partial charge in [-0.25, -0.2) is 0 Å². The molecule has 1 fully saturated rings. The van der Waals surface area contributed by atoms with E-state index in [0.29, 0.717) is 17.1 Å². The fourth-order valence-electron chi connectivity index (χ4n) is 2.52. The fraction of sp³-hybridized carbons (Fsp3) is 0.571. The van der Waals surface area contributed by atoms with E-state index in [1.807, 2.05) is 0 Å². The molecule has 2 rings (SSSR count). The average molecular weight is 266 g/mol.